The first-order chi connectivity index (χ1) is 15.4. The highest BCUT2D eigenvalue weighted by atomic mass is 16.5. The molecule has 3 amide bonds. The van der Waals surface area contributed by atoms with E-state index >= 15 is 0 Å². The molecule has 0 atom stereocenters. The van der Waals surface area contributed by atoms with Crippen molar-refractivity contribution in [3.8, 4) is 17.2 Å². The summed E-state index contributed by atoms with van der Waals surface area (Å²) in [5, 5.41) is 6.58. The van der Waals surface area contributed by atoms with E-state index in [1.54, 1.807) is 51.4 Å². The number of ether oxygens (including phenoxy) is 3. The maximum absolute atomic E-state index is 12.4. The number of fused-ring (bicyclic) bond motifs is 1. The van der Waals surface area contributed by atoms with Crippen LogP contribution < -0.4 is 24.8 Å². The standard InChI is InChI=1S/C23H28N4O5/c1-26(2)21(28)14-27-9-8-16-12-17(6-7-18(16)27)25-23(29)24-13-15-10-19(30-3)22(32-5)20(11-15)31-4/h6-12H,13-14H2,1-5H3,(H2,24,25,29). The maximum atomic E-state index is 12.4. The van der Waals surface area contributed by atoms with Crippen molar-refractivity contribution >= 4 is 28.5 Å². The fourth-order valence-electron chi connectivity index (χ4n) is 3.30. The van der Waals surface area contributed by atoms with E-state index < -0.39 is 0 Å². The molecular formula is C23H28N4O5. The summed E-state index contributed by atoms with van der Waals surface area (Å²) in [6.07, 6.45) is 1.86. The molecule has 3 aromatic rings. The molecule has 0 saturated carbocycles. The SMILES string of the molecule is COc1cc(CNC(=O)Nc2ccc3c(ccn3CC(=O)N(C)C)c2)cc(OC)c1OC. The first-order valence-corrected chi connectivity index (χ1v) is 9.99. The molecule has 0 aliphatic heterocycles. The Morgan fingerprint density at radius 1 is 0.969 bits per heavy atom. The largest absolute Gasteiger partial charge is 0.493 e. The molecule has 0 unspecified atom stereocenters. The number of rotatable bonds is 8. The van der Waals surface area contributed by atoms with Crippen LogP contribution in [0.3, 0.4) is 0 Å². The quantitative estimate of drug-likeness (QED) is 0.562. The van der Waals surface area contributed by atoms with Gasteiger partial charge in [0.05, 0.1) is 21.3 Å². The topological polar surface area (TPSA) is 94.1 Å². The van der Waals surface area contributed by atoms with Crippen molar-refractivity contribution in [3.05, 3.63) is 48.2 Å². The number of nitrogens with zero attached hydrogens (tertiary/aromatic N) is 2. The molecule has 1 aromatic heterocycles. The fraction of sp³-hybridized carbons (Fsp3) is 0.304. The van der Waals surface area contributed by atoms with Crippen LogP contribution in [0.15, 0.2) is 42.6 Å². The third kappa shape index (κ3) is 5.05. The fourth-order valence-corrected chi connectivity index (χ4v) is 3.30. The predicted octanol–water partition coefficient (Wildman–Crippen LogP) is 3.08. The monoisotopic (exact) mass is 440 g/mol. The lowest BCUT2D eigenvalue weighted by Gasteiger charge is -2.15. The van der Waals surface area contributed by atoms with E-state index in [-0.39, 0.29) is 25.0 Å². The number of carbonyl (C=O) groups is 2. The van der Waals surface area contributed by atoms with Gasteiger partial charge in [0.15, 0.2) is 11.5 Å². The van der Waals surface area contributed by atoms with Gasteiger partial charge in [-0.1, -0.05) is 0 Å². The summed E-state index contributed by atoms with van der Waals surface area (Å²) in [4.78, 5) is 26.0. The van der Waals surface area contributed by atoms with Gasteiger partial charge in [-0.25, -0.2) is 4.79 Å². The summed E-state index contributed by atoms with van der Waals surface area (Å²) in [6.45, 7) is 0.534. The molecule has 170 valence electrons. The van der Waals surface area contributed by atoms with Gasteiger partial charge in [-0.3, -0.25) is 4.79 Å². The maximum Gasteiger partial charge on any atom is 0.319 e. The zero-order valence-electron chi connectivity index (χ0n) is 18.9. The molecule has 32 heavy (non-hydrogen) atoms. The minimum atomic E-state index is -0.347. The molecule has 0 aliphatic carbocycles. The minimum Gasteiger partial charge on any atom is -0.493 e. The Balaban J connectivity index is 1.66. The van der Waals surface area contributed by atoms with Crippen molar-refractivity contribution in [1.29, 1.82) is 0 Å². The molecule has 0 saturated heterocycles. The molecular weight excluding hydrogens is 412 g/mol. The molecule has 0 aliphatic rings. The highest BCUT2D eigenvalue weighted by Crippen LogP contribution is 2.38. The van der Waals surface area contributed by atoms with Crippen molar-refractivity contribution in [2.75, 3.05) is 40.7 Å². The third-order valence-corrected chi connectivity index (χ3v) is 5.01. The van der Waals surface area contributed by atoms with E-state index in [0.29, 0.717) is 22.9 Å². The smallest absolute Gasteiger partial charge is 0.319 e. The number of benzene rings is 2. The van der Waals surface area contributed by atoms with Crippen LogP contribution in [0.2, 0.25) is 0 Å². The number of hydrogen-bond donors (Lipinski definition) is 2. The predicted molar refractivity (Wildman–Crippen MR) is 123 cm³/mol. The van der Waals surface area contributed by atoms with Gasteiger partial charge >= 0.3 is 6.03 Å². The third-order valence-electron chi connectivity index (χ3n) is 5.01. The second-order valence-corrected chi connectivity index (χ2v) is 7.35. The molecule has 1 heterocycles. The van der Waals surface area contributed by atoms with E-state index in [1.807, 2.05) is 29.0 Å². The molecule has 9 heteroatoms. The van der Waals surface area contributed by atoms with E-state index in [4.69, 9.17) is 14.2 Å². The Hall–Kier alpha value is -3.88. The number of carbonyl (C=O) groups excluding carboxylic acids is 2. The Bertz CT molecular complexity index is 1100. The van der Waals surface area contributed by atoms with Gasteiger partial charge in [-0.2, -0.15) is 0 Å². The summed E-state index contributed by atoms with van der Waals surface area (Å²) in [7, 11) is 8.08. The van der Waals surface area contributed by atoms with Gasteiger partial charge in [-0.05, 0) is 42.0 Å². The molecule has 0 fully saturated rings. The van der Waals surface area contributed by atoms with Crippen molar-refractivity contribution in [1.82, 2.24) is 14.8 Å². The summed E-state index contributed by atoms with van der Waals surface area (Å²) < 4.78 is 17.9. The number of likely N-dealkylation sites (N-methyl/N-ethyl adjacent to an activating group) is 1. The number of anilines is 1. The summed E-state index contributed by atoms with van der Waals surface area (Å²) >= 11 is 0. The summed E-state index contributed by atoms with van der Waals surface area (Å²) in [5.74, 6) is 1.55. The van der Waals surface area contributed by atoms with E-state index in [1.165, 1.54) is 7.11 Å². The van der Waals surface area contributed by atoms with E-state index in [0.717, 1.165) is 16.5 Å². The molecule has 2 N–H and O–H groups in total. The molecule has 0 radical (unpaired) electrons. The average Bonchev–Trinajstić information content (AvgIpc) is 3.18. The van der Waals surface area contributed by atoms with Crippen LogP contribution in [0.1, 0.15) is 5.56 Å². The molecule has 9 nitrogen and oxygen atoms in total. The minimum absolute atomic E-state index is 0.0101. The second-order valence-electron chi connectivity index (χ2n) is 7.35. The van der Waals surface area contributed by atoms with Gasteiger partial charge in [0.2, 0.25) is 11.7 Å². The van der Waals surface area contributed by atoms with Crippen molar-refractivity contribution in [2.45, 2.75) is 13.1 Å². The van der Waals surface area contributed by atoms with Crippen molar-refractivity contribution in [3.63, 3.8) is 0 Å². The lowest BCUT2D eigenvalue weighted by molar-refractivity contribution is -0.129. The van der Waals surface area contributed by atoms with Crippen LogP contribution in [0, 0.1) is 0 Å². The average molecular weight is 441 g/mol. The highest BCUT2D eigenvalue weighted by Gasteiger charge is 2.14. The number of amides is 3. The lowest BCUT2D eigenvalue weighted by atomic mass is 10.2. The van der Waals surface area contributed by atoms with Crippen molar-refractivity contribution < 1.29 is 23.8 Å². The number of urea groups is 1. The Kier molecular flexibility index (Phi) is 7.09. The van der Waals surface area contributed by atoms with Gasteiger partial charge in [0.1, 0.15) is 6.54 Å². The molecule has 2 aromatic carbocycles. The molecule has 3 rings (SSSR count). The number of methoxy groups -OCH3 is 3. The number of aromatic nitrogens is 1. The molecule has 0 bridgehead atoms. The van der Waals surface area contributed by atoms with Crippen LogP contribution in [0.25, 0.3) is 10.9 Å². The summed E-state index contributed by atoms with van der Waals surface area (Å²) in [6, 6.07) is 10.7. The van der Waals surface area contributed by atoms with E-state index in [2.05, 4.69) is 10.6 Å². The van der Waals surface area contributed by atoms with Crippen LogP contribution in [-0.2, 0) is 17.9 Å². The van der Waals surface area contributed by atoms with Gasteiger partial charge in [0.25, 0.3) is 0 Å². The van der Waals surface area contributed by atoms with Gasteiger partial charge in [-0.15, -0.1) is 0 Å². The van der Waals surface area contributed by atoms with Crippen LogP contribution in [-0.4, -0.2) is 56.8 Å². The number of hydrogen-bond acceptors (Lipinski definition) is 5. The zero-order chi connectivity index (χ0) is 23.3. The Morgan fingerprint density at radius 3 is 2.25 bits per heavy atom. The Labute approximate surface area is 186 Å². The van der Waals surface area contributed by atoms with Crippen LogP contribution in [0.4, 0.5) is 10.5 Å². The summed E-state index contributed by atoms with van der Waals surface area (Å²) in [5.41, 5.74) is 2.37. The first-order valence-electron chi connectivity index (χ1n) is 9.99. The lowest BCUT2D eigenvalue weighted by Crippen LogP contribution is -2.28. The van der Waals surface area contributed by atoms with E-state index in [9.17, 15) is 9.59 Å². The first kappa shape index (κ1) is 22.8. The normalized spacial score (nSPS) is 10.5. The van der Waals surface area contributed by atoms with Crippen LogP contribution >= 0.6 is 0 Å². The zero-order valence-corrected chi connectivity index (χ0v) is 18.9. The second kappa shape index (κ2) is 9.95. The number of nitrogens with one attached hydrogen (secondary N) is 2. The van der Waals surface area contributed by atoms with Gasteiger partial charge < -0.3 is 34.3 Å². The Morgan fingerprint density at radius 2 is 1.66 bits per heavy atom. The van der Waals surface area contributed by atoms with Gasteiger partial charge in [0, 0.05) is 43.4 Å². The van der Waals surface area contributed by atoms with Crippen molar-refractivity contribution in [2.24, 2.45) is 0 Å². The highest BCUT2D eigenvalue weighted by molar-refractivity contribution is 5.93. The molecule has 0 spiro atoms. The van der Waals surface area contributed by atoms with Crippen LogP contribution in [0.5, 0.6) is 17.2 Å².